The lowest BCUT2D eigenvalue weighted by atomic mass is 9.96. The standard InChI is InChI=1S/C18H22FNO/c1-13-7-6-8-15(11-13)20(3)12-14(2)18(21)16-9-4-5-10-17(16)19/h4-11,14,18,21H,12H2,1-3H3. The maximum atomic E-state index is 13.7. The Morgan fingerprint density at radius 1 is 1.14 bits per heavy atom. The summed E-state index contributed by atoms with van der Waals surface area (Å²) in [6.07, 6.45) is -0.807. The van der Waals surface area contributed by atoms with E-state index in [4.69, 9.17) is 0 Å². The van der Waals surface area contributed by atoms with Gasteiger partial charge in [-0.25, -0.2) is 4.39 Å². The van der Waals surface area contributed by atoms with Gasteiger partial charge < -0.3 is 10.0 Å². The van der Waals surface area contributed by atoms with Gasteiger partial charge >= 0.3 is 0 Å². The van der Waals surface area contributed by atoms with Crippen LogP contribution in [0.1, 0.15) is 24.2 Å². The van der Waals surface area contributed by atoms with Crippen molar-refractivity contribution >= 4 is 5.69 Å². The molecule has 0 aliphatic carbocycles. The van der Waals surface area contributed by atoms with Crippen molar-refractivity contribution in [1.29, 1.82) is 0 Å². The number of aliphatic hydroxyl groups excluding tert-OH is 1. The molecule has 0 saturated carbocycles. The van der Waals surface area contributed by atoms with Gasteiger partial charge in [-0.2, -0.15) is 0 Å². The van der Waals surface area contributed by atoms with Crippen LogP contribution >= 0.6 is 0 Å². The van der Waals surface area contributed by atoms with Crippen molar-refractivity contribution in [2.45, 2.75) is 20.0 Å². The SMILES string of the molecule is Cc1cccc(N(C)CC(C)C(O)c2ccccc2F)c1. The van der Waals surface area contributed by atoms with Crippen LogP contribution in [-0.2, 0) is 0 Å². The third-order valence-electron chi connectivity index (χ3n) is 3.77. The summed E-state index contributed by atoms with van der Waals surface area (Å²) < 4.78 is 13.7. The summed E-state index contributed by atoms with van der Waals surface area (Å²) in [5.41, 5.74) is 2.66. The Bertz CT molecular complexity index is 599. The van der Waals surface area contributed by atoms with Crippen molar-refractivity contribution in [3.63, 3.8) is 0 Å². The molecule has 2 rings (SSSR count). The Hall–Kier alpha value is -1.87. The van der Waals surface area contributed by atoms with Crippen LogP contribution in [-0.4, -0.2) is 18.7 Å². The zero-order valence-corrected chi connectivity index (χ0v) is 12.8. The minimum Gasteiger partial charge on any atom is -0.388 e. The second-order valence-electron chi connectivity index (χ2n) is 5.66. The van der Waals surface area contributed by atoms with Crippen LogP contribution in [0.5, 0.6) is 0 Å². The molecule has 0 amide bonds. The normalized spacial score (nSPS) is 13.8. The van der Waals surface area contributed by atoms with E-state index in [0.717, 1.165) is 5.69 Å². The van der Waals surface area contributed by atoms with E-state index >= 15 is 0 Å². The van der Waals surface area contributed by atoms with Crippen molar-refractivity contribution in [3.05, 3.63) is 65.5 Å². The van der Waals surface area contributed by atoms with Crippen LogP contribution < -0.4 is 4.90 Å². The molecule has 0 aliphatic heterocycles. The summed E-state index contributed by atoms with van der Waals surface area (Å²) in [5, 5.41) is 10.4. The van der Waals surface area contributed by atoms with E-state index in [9.17, 15) is 9.50 Å². The molecule has 0 bridgehead atoms. The quantitative estimate of drug-likeness (QED) is 0.900. The van der Waals surface area contributed by atoms with Gasteiger partial charge in [-0.05, 0) is 30.7 Å². The van der Waals surface area contributed by atoms with E-state index in [1.165, 1.54) is 11.6 Å². The van der Waals surface area contributed by atoms with E-state index in [1.807, 2.05) is 26.1 Å². The summed E-state index contributed by atoms with van der Waals surface area (Å²) in [6.45, 7) is 4.64. The number of anilines is 1. The smallest absolute Gasteiger partial charge is 0.129 e. The maximum Gasteiger partial charge on any atom is 0.129 e. The molecule has 1 N–H and O–H groups in total. The molecule has 21 heavy (non-hydrogen) atoms. The number of hydrogen-bond acceptors (Lipinski definition) is 2. The molecule has 0 aromatic heterocycles. The lowest BCUT2D eigenvalue weighted by Gasteiger charge is -2.27. The van der Waals surface area contributed by atoms with Crippen LogP contribution in [0.2, 0.25) is 0 Å². The highest BCUT2D eigenvalue weighted by Gasteiger charge is 2.20. The van der Waals surface area contributed by atoms with E-state index in [0.29, 0.717) is 12.1 Å². The molecule has 0 fully saturated rings. The van der Waals surface area contributed by atoms with Gasteiger partial charge in [0.15, 0.2) is 0 Å². The van der Waals surface area contributed by atoms with Gasteiger partial charge in [-0.15, -0.1) is 0 Å². The molecule has 0 aliphatic rings. The highest BCUT2D eigenvalue weighted by atomic mass is 19.1. The number of nitrogens with zero attached hydrogens (tertiary/aromatic N) is 1. The molecule has 2 aromatic rings. The number of halogens is 1. The van der Waals surface area contributed by atoms with Crippen LogP contribution in [0.25, 0.3) is 0 Å². The summed E-state index contributed by atoms with van der Waals surface area (Å²) in [5.74, 6) is -0.428. The molecule has 0 heterocycles. The molecule has 2 unspecified atom stereocenters. The Labute approximate surface area is 125 Å². The fraction of sp³-hybridized carbons (Fsp3) is 0.333. The zero-order valence-electron chi connectivity index (χ0n) is 12.8. The Balaban J connectivity index is 2.07. The van der Waals surface area contributed by atoms with Gasteiger partial charge in [0.05, 0.1) is 6.10 Å². The minimum atomic E-state index is -0.807. The minimum absolute atomic E-state index is 0.0765. The van der Waals surface area contributed by atoms with Crippen LogP contribution in [0.15, 0.2) is 48.5 Å². The summed E-state index contributed by atoms with van der Waals surface area (Å²) in [4.78, 5) is 2.09. The first-order valence-corrected chi connectivity index (χ1v) is 7.19. The van der Waals surface area contributed by atoms with E-state index < -0.39 is 6.10 Å². The van der Waals surface area contributed by atoms with E-state index in [1.54, 1.807) is 18.2 Å². The number of hydrogen-bond donors (Lipinski definition) is 1. The van der Waals surface area contributed by atoms with Gasteiger partial charge in [0, 0.05) is 30.8 Å². The maximum absolute atomic E-state index is 13.7. The monoisotopic (exact) mass is 287 g/mol. The average molecular weight is 287 g/mol. The van der Waals surface area contributed by atoms with Crippen LogP contribution in [0.4, 0.5) is 10.1 Å². The number of aliphatic hydroxyl groups is 1. The molecular weight excluding hydrogens is 265 g/mol. The molecule has 0 saturated heterocycles. The summed E-state index contributed by atoms with van der Waals surface area (Å²) in [7, 11) is 1.99. The molecule has 112 valence electrons. The van der Waals surface area contributed by atoms with Crippen LogP contribution in [0.3, 0.4) is 0 Å². The van der Waals surface area contributed by atoms with Crippen LogP contribution in [0, 0.1) is 18.7 Å². The highest BCUT2D eigenvalue weighted by Crippen LogP contribution is 2.26. The molecule has 0 radical (unpaired) electrons. The zero-order chi connectivity index (χ0) is 15.4. The second kappa shape index (κ2) is 6.72. The second-order valence-corrected chi connectivity index (χ2v) is 5.66. The fourth-order valence-electron chi connectivity index (χ4n) is 2.52. The number of benzene rings is 2. The largest absolute Gasteiger partial charge is 0.388 e. The van der Waals surface area contributed by atoms with Gasteiger partial charge in [0.25, 0.3) is 0 Å². The first-order chi connectivity index (χ1) is 9.99. The van der Waals surface area contributed by atoms with Gasteiger partial charge in [0.2, 0.25) is 0 Å². The van der Waals surface area contributed by atoms with Crippen molar-refractivity contribution in [1.82, 2.24) is 0 Å². The third kappa shape index (κ3) is 3.82. The van der Waals surface area contributed by atoms with Crippen molar-refractivity contribution in [2.75, 3.05) is 18.5 Å². The van der Waals surface area contributed by atoms with Crippen molar-refractivity contribution < 1.29 is 9.50 Å². The Kier molecular flexibility index (Phi) is 4.97. The van der Waals surface area contributed by atoms with E-state index in [-0.39, 0.29) is 11.7 Å². The molecule has 2 aromatic carbocycles. The first-order valence-electron chi connectivity index (χ1n) is 7.19. The summed E-state index contributed by atoms with van der Waals surface area (Å²) in [6, 6.07) is 14.6. The van der Waals surface area contributed by atoms with Gasteiger partial charge in [-0.1, -0.05) is 37.3 Å². The molecule has 3 heteroatoms. The number of aryl methyl sites for hydroxylation is 1. The number of rotatable bonds is 5. The first kappa shape index (κ1) is 15.5. The average Bonchev–Trinajstić information content (AvgIpc) is 2.47. The lowest BCUT2D eigenvalue weighted by molar-refractivity contribution is 0.117. The molecular formula is C18H22FNO. The summed E-state index contributed by atoms with van der Waals surface area (Å²) >= 11 is 0. The third-order valence-corrected chi connectivity index (χ3v) is 3.77. The predicted octanol–water partition coefficient (Wildman–Crippen LogP) is 3.94. The fourth-order valence-corrected chi connectivity index (χ4v) is 2.52. The van der Waals surface area contributed by atoms with Crippen molar-refractivity contribution in [3.8, 4) is 0 Å². The molecule has 0 spiro atoms. The Morgan fingerprint density at radius 3 is 2.52 bits per heavy atom. The Morgan fingerprint density at radius 2 is 1.86 bits per heavy atom. The predicted molar refractivity (Wildman–Crippen MR) is 85.0 cm³/mol. The van der Waals surface area contributed by atoms with Gasteiger partial charge in [0.1, 0.15) is 5.82 Å². The highest BCUT2D eigenvalue weighted by molar-refractivity contribution is 5.47. The van der Waals surface area contributed by atoms with Crippen molar-refractivity contribution in [2.24, 2.45) is 5.92 Å². The topological polar surface area (TPSA) is 23.5 Å². The van der Waals surface area contributed by atoms with E-state index in [2.05, 4.69) is 24.0 Å². The van der Waals surface area contributed by atoms with Gasteiger partial charge in [-0.3, -0.25) is 0 Å². The molecule has 2 atom stereocenters. The lowest BCUT2D eigenvalue weighted by Crippen LogP contribution is -2.27. The molecule has 2 nitrogen and oxygen atoms in total.